The van der Waals surface area contributed by atoms with Crippen LogP contribution in [0.25, 0.3) is 11.4 Å². The molecule has 0 aliphatic heterocycles. The van der Waals surface area contributed by atoms with Crippen LogP contribution in [0.2, 0.25) is 0 Å². The van der Waals surface area contributed by atoms with E-state index in [0.29, 0.717) is 43.6 Å². The Kier molecular flexibility index (Phi) is 9.76. The molecule has 29 heavy (non-hydrogen) atoms. The predicted molar refractivity (Wildman–Crippen MR) is 114 cm³/mol. The molecule has 0 bridgehead atoms. The van der Waals surface area contributed by atoms with E-state index in [-0.39, 0.29) is 12.6 Å². The fourth-order valence-electron chi connectivity index (χ4n) is 2.92. The number of aliphatic hydroxyl groups excluding tert-OH is 1. The fourth-order valence-corrected chi connectivity index (χ4v) is 3.18. The van der Waals surface area contributed by atoms with Gasteiger partial charge in [-0.25, -0.2) is 0 Å². The van der Waals surface area contributed by atoms with Crippen molar-refractivity contribution in [3.8, 4) is 11.4 Å². The first-order chi connectivity index (χ1) is 13.9. The zero-order valence-electron chi connectivity index (χ0n) is 17.3. The number of aliphatic hydroxyl groups is 1. The molecule has 160 valence electrons. The van der Waals surface area contributed by atoms with Crippen molar-refractivity contribution >= 4 is 21.9 Å². The van der Waals surface area contributed by atoms with Crippen LogP contribution in [0.15, 0.2) is 33.3 Å². The van der Waals surface area contributed by atoms with Gasteiger partial charge in [0.15, 0.2) is 0 Å². The number of hydrogen-bond acceptors (Lipinski definition) is 7. The van der Waals surface area contributed by atoms with Gasteiger partial charge < -0.3 is 14.4 Å². The van der Waals surface area contributed by atoms with Gasteiger partial charge in [0.25, 0.3) is 0 Å². The molecule has 1 unspecified atom stereocenters. The number of benzene rings is 1. The molecule has 8 heteroatoms. The van der Waals surface area contributed by atoms with Crippen molar-refractivity contribution in [2.45, 2.75) is 46.1 Å². The molecule has 0 aliphatic rings. The molecule has 1 heterocycles. The molecule has 0 aliphatic carbocycles. The van der Waals surface area contributed by atoms with Gasteiger partial charge in [-0.2, -0.15) is 4.98 Å². The molecular formula is C21H30BrN3O4. The van der Waals surface area contributed by atoms with Crippen molar-refractivity contribution in [1.82, 2.24) is 15.0 Å². The number of hydrogen-bond donors (Lipinski definition) is 1. The molecule has 0 saturated heterocycles. The standard InChI is InChI=1S/C21H30BrN3O4/c1-4-5-20(27)28-14-18(26)13-25(12-15(2)3)11-10-19-23-21(24-29-19)16-6-8-17(22)9-7-16/h6-9,15,18,26H,4-5,10-14H2,1-3H3. The summed E-state index contributed by atoms with van der Waals surface area (Å²) in [5.41, 5.74) is 0.895. The van der Waals surface area contributed by atoms with E-state index in [1.807, 2.05) is 31.2 Å². The van der Waals surface area contributed by atoms with Crippen LogP contribution in [0.1, 0.15) is 39.5 Å². The molecule has 0 radical (unpaired) electrons. The van der Waals surface area contributed by atoms with E-state index in [0.717, 1.165) is 23.0 Å². The van der Waals surface area contributed by atoms with Gasteiger partial charge in [0, 0.05) is 42.5 Å². The van der Waals surface area contributed by atoms with Gasteiger partial charge >= 0.3 is 5.97 Å². The maximum Gasteiger partial charge on any atom is 0.305 e. The number of aromatic nitrogens is 2. The van der Waals surface area contributed by atoms with Gasteiger partial charge in [-0.1, -0.05) is 41.9 Å². The number of rotatable bonds is 12. The third-order valence-electron chi connectivity index (χ3n) is 4.20. The quantitative estimate of drug-likeness (QED) is 0.475. The molecule has 2 rings (SSSR count). The SMILES string of the molecule is CCCC(=O)OCC(O)CN(CCc1nc(-c2ccc(Br)cc2)no1)CC(C)C. The highest BCUT2D eigenvalue weighted by Crippen LogP contribution is 2.19. The maximum absolute atomic E-state index is 11.5. The number of ether oxygens (including phenoxy) is 1. The highest BCUT2D eigenvalue weighted by Gasteiger charge is 2.17. The predicted octanol–water partition coefficient (Wildman–Crippen LogP) is 3.70. The molecular weight excluding hydrogens is 438 g/mol. The van der Waals surface area contributed by atoms with Crippen LogP contribution >= 0.6 is 15.9 Å². The Labute approximate surface area is 180 Å². The van der Waals surface area contributed by atoms with Crippen LogP contribution in [0, 0.1) is 5.92 Å². The number of nitrogens with zero attached hydrogens (tertiary/aromatic N) is 3. The molecule has 1 aromatic carbocycles. The first kappa shape index (κ1) is 23.5. The lowest BCUT2D eigenvalue weighted by Crippen LogP contribution is -2.38. The summed E-state index contributed by atoms with van der Waals surface area (Å²) in [5, 5.41) is 14.3. The lowest BCUT2D eigenvalue weighted by Gasteiger charge is -2.26. The highest BCUT2D eigenvalue weighted by atomic mass is 79.9. The third-order valence-corrected chi connectivity index (χ3v) is 4.72. The van der Waals surface area contributed by atoms with E-state index < -0.39 is 6.10 Å². The van der Waals surface area contributed by atoms with E-state index in [2.05, 4.69) is 44.8 Å². The highest BCUT2D eigenvalue weighted by molar-refractivity contribution is 9.10. The summed E-state index contributed by atoms with van der Waals surface area (Å²) >= 11 is 3.41. The van der Waals surface area contributed by atoms with E-state index >= 15 is 0 Å². The molecule has 0 fully saturated rings. The van der Waals surface area contributed by atoms with Gasteiger partial charge in [0.05, 0.1) is 0 Å². The minimum absolute atomic E-state index is 0.0156. The Hall–Kier alpha value is -1.77. The molecule has 0 saturated carbocycles. The van der Waals surface area contributed by atoms with Gasteiger partial charge in [0.1, 0.15) is 12.7 Å². The number of carbonyl (C=O) groups excluding carboxylic acids is 1. The first-order valence-electron chi connectivity index (χ1n) is 10.0. The monoisotopic (exact) mass is 467 g/mol. The topological polar surface area (TPSA) is 88.7 Å². The van der Waals surface area contributed by atoms with Crippen molar-refractivity contribution in [2.75, 3.05) is 26.2 Å². The second kappa shape index (κ2) is 12.0. The van der Waals surface area contributed by atoms with Crippen LogP contribution in [-0.4, -0.2) is 58.5 Å². The number of esters is 1. The average Bonchev–Trinajstić information content (AvgIpc) is 3.14. The molecule has 0 spiro atoms. The molecule has 1 aromatic heterocycles. The van der Waals surface area contributed by atoms with Crippen LogP contribution in [-0.2, 0) is 16.0 Å². The van der Waals surface area contributed by atoms with Gasteiger partial charge in [-0.3, -0.25) is 9.69 Å². The largest absolute Gasteiger partial charge is 0.463 e. The summed E-state index contributed by atoms with van der Waals surface area (Å²) in [6.07, 6.45) is 0.968. The third kappa shape index (κ3) is 8.64. The average molecular weight is 468 g/mol. The minimum Gasteiger partial charge on any atom is -0.463 e. The zero-order valence-corrected chi connectivity index (χ0v) is 18.9. The summed E-state index contributed by atoms with van der Waals surface area (Å²) in [5.74, 6) is 1.28. The second-order valence-electron chi connectivity index (χ2n) is 7.51. The van der Waals surface area contributed by atoms with E-state index in [9.17, 15) is 9.90 Å². The van der Waals surface area contributed by atoms with Gasteiger partial charge in [-0.05, 0) is 36.6 Å². The van der Waals surface area contributed by atoms with Crippen molar-refractivity contribution in [2.24, 2.45) is 5.92 Å². The van der Waals surface area contributed by atoms with Crippen LogP contribution < -0.4 is 0 Å². The Morgan fingerprint density at radius 1 is 1.28 bits per heavy atom. The summed E-state index contributed by atoms with van der Waals surface area (Å²) in [6, 6.07) is 7.73. The molecule has 0 amide bonds. The van der Waals surface area contributed by atoms with E-state index in [4.69, 9.17) is 9.26 Å². The Bertz CT molecular complexity index is 749. The van der Waals surface area contributed by atoms with Crippen LogP contribution in [0.4, 0.5) is 0 Å². The molecule has 1 atom stereocenters. The number of carbonyl (C=O) groups is 1. The summed E-state index contributed by atoms with van der Waals surface area (Å²) in [7, 11) is 0. The van der Waals surface area contributed by atoms with Gasteiger partial charge in [0.2, 0.25) is 11.7 Å². The van der Waals surface area contributed by atoms with Crippen molar-refractivity contribution in [3.05, 3.63) is 34.6 Å². The normalized spacial score (nSPS) is 12.5. The Balaban J connectivity index is 1.88. The van der Waals surface area contributed by atoms with Crippen LogP contribution in [0.5, 0.6) is 0 Å². The molecule has 2 aromatic rings. The van der Waals surface area contributed by atoms with Crippen LogP contribution in [0.3, 0.4) is 0 Å². The lowest BCUT2D eigenvalue weighted by atomic mass is 10.2. The smallest absolute Gasteiger partial charge is 0.305 e. The van der Waals surface area contributed by atoms with Crippen molar-refractivity contribution in [1.29, 1.82) is 0 Å². The molecule has 7 nitrogen and oxygen atoms in total. The maximum atomic E-state index is 11.5. The Morgan fingerprint density at radius 3 is 2.66 bits per heavy atom. The second-order valence-corrected chi connectivity index (χ2v) is 8.42. The zero-order chi connectivity index (χ0) is 21.2. The van der Waals surface area contributed by atoms with Crippen molar-refractivity contribution < 1.29 is 19.2 Å². The Morgan fingerprint density at radius 2 is 2.00 bits per heavy atom. The summed E-state index contributed by atoms with van der Waals surface area (Å²) in [4.78, 5) is 18.1. The van der Waals surface area contributed by atoms with E-state index in [1.165, 1.54) is 0 Å². The summed E-state index contributed by atoms with van der Waals surface area (Å²) in [6.45, 7) is 8.08. The minimum atomic E-state index is -0.726. The fraction of sp³-hybridized carbons (Fsp3) is 0.571. The number of halogens is 1. The first-order valence-corrected chi connectivity index (χ1v) is 10.8. The van der Waals surface area contributed by atoms with Crippen molar-refractivity contribution in [3.63, 3.8) is 0 Å². The van der Waals surface area contributed by atoms with Gasteiger partial charge in [-0.15, -0.1) is 0 Å². The van der Waals surface area contributed by atoms with E-state index in [1.54, 1.807) is 0 Å². The lowest BCUT2D eigenvalue weighted by molar-refractivity contribution is -0.147. The summed E-state index contributed by atoms with van der Waals surface area (Å²) < 4.78 is 11.5. The molecule has 1 N–H and O–H groups in total.